The lowest BCUT2D eigenvalue weighted by atomic mass is 10.0. The maximum absolute atomic E-state index is 12.8. The monoisotopic (exact) mass is 400 g/mol. The van der Waals surface area contributed by atoms with Crippen molar-refractivity contribution in [3.05, 3.63) is 34.9 Å². The molecule has 1 fully saturated rings. The highest BCUT2D eigenvalue weighted by Crippen LogP contribution is 2.28. The molecule has 2 aliphatic rings. The van der Waals surface area contributed by atoms with E-state index in [4.69, 9.17) is 5.73 Å². The van der Waals surface area contributed by atoms with Crippen LogP contribution in [0.3, 0.4) is 0 Å². The lowest BCUT2D eigenvalue weighted by Crippen LogP contribution is -2.52. The molecule has 0 radical (unpaired) electrons. The second-order valence-corrected chi connectivity index (χ2v) is 7.98. The van der Waals surface area contributed by atoms with Gasteiger partial charge in [-0.1, -0.05) is 37.8 Å². The van der Waals surface area contributed by atoms with Gasteiger partial charge in [0.1, 0.15) is 6.04 Å². The van der Waals surface area contributed by atoms with Crippen LogP contribution in [0.2, 0.25) is 0 Å². The largest absolute Gasteiger partial charge is 0.330 e. The summed E-state index contributed by atoms with van der Waals surface area (Å²) in [6.07, 6.45) is 7.90. The second-order valence-electron chi connectivity index (χ2n) is 7.98. The molecule has 3 amide bonds. The summed E-state index contributed by atoms with van der Waals surface area (Å²) in [5, 5.41) is 5.79. The molecule has 2 heterocycles. The van der Waals surface area contributed by atoms with Gasteiger partial charge in [0.15, 0.2) is 0 Å². The summed E-state index contributed by atoms with van der Waals surface area (Å²) in [6, 6.07) is 5.40. The van der Waals surface area contributed by atoms with Gasteiger partial charge in [-0.3, -0.25) is 19.7 Å². The average molecular weight is 401 g/mol. The summed E-state index contributed by atoms with van der Waals surface area (Å²) >= 11 is 0. The normalized spacial score (nSPS) is 18.9. The third-order valence-corrected chi connectivity index (χ3v) is 5.73. The van der Waals surface area contributed by atoms with Crippen molar-refractivity contribution >= 4 is 17.7 Å². The number of amides is 3. The number of carbonyl (C=O) groups excluding carboxylic acids is 3. The number of imide groups is 1. The van der Waals surface area contributed by atoms with E-state index in [9.17, 15) is 14.4 Å². The molecule has 7 nitrogen and oxygen atoms in total. The first-order valence-electron chi connectivity index (χ1n) is 10.8. The van der Waals surface area contributed by atoms with Crippen LogP contribution >= 0.6 is 0 Å². The third-order valence-electron chi connectivity index (χ3n) is 5.73. The maximum atomic E-state index is 12.8. The number of unbranched alkanes of at least 4 members (excludes halogenated alkanes) is 5. The minimum atomic E-state index is -0.556. The number of fused-ring (bicyclic) bond motifs is 1. The summed E-state index contributed by atoms with van der Waals surface area (Å²) in [5.74, 6) is -0.750. The molecule has 2 aliphatic heterocycles. The number of nitrogens with two attached hydrogens (primary N) is 1. The van der Waals surface area contributed by atoms with E-state index in [1.165, 1.54) is 25.7 Å². The highest BCUT2D eigenvalue weighted by molar-refractivity contribution is 6.05. The van der Waals surface area contributed by atoms with Crippen LogP contribution in [-0.4, -0.2) is 41.8 Å². The van der Waals surface area contributed by atoms with Crippen molar-refractivity contribution in [2.45, 2.75) is 70.5 Å². The number of piperidine rings is 1. The van der Waals surface area contributed by atoms with Gasteiger partial charge in [0.2, 0.25) is 11.8 Å². The van der Waals surface area contributed by atoms with Crippen LogP contribution in [0.25, 0.3) is 0 Å². The summed E-state index contributed by atoms with van der Waals surface area (Å²) in [7, 11) is 0. The molecule has 0 saturated carbocycles. The van der Waals surface area contributed by atoms with Gasteiger partial charge in [0, 0.05) is 25.1 Å². The first-order chi connectivity index (χ1) is 14.1. The SMILES string of the molecule is NCCCCCCCCNCc1ccc2c(c1)C(=O)N(C1CCC(=O)NC1=O)C2. The quantitative estimate of drug-likeness (QED) is 0.388. The Morgan fingerprint density at radius 1 is 1.07 bits per heavy atom. The van der Waals surface area contributed by atoms with E-state index >= 15 is 0 Å². The highest BCUT2D eigenvalue weighted by Gasteiger charge is 2.38. The maximum Gasteiger partial charge on any atom is 0.255 e. The third kappa shape index (κ3) is 5.64. The van der Waals surface area contributed by atoms with Crippen molar-refractivity contribution in [2.24, 2.45) is 5.73 Å². The van der Waals surface area contributed by atoms with Gasteiger partial charge in [-0.2, -0.15) is 0 Å². The molecule has 1 saturated heterocycles. The molecule has 158 valence electrons. The van der Waals surface area contributed by atoms with Crippen LogP contribution in [0.5, 0.6) is 0 Å². The Kier molecular flexibility index (Phi) is 7.77. The van der Waals surface area contributed by atoms with E-state index in [-0.39, 0.29) is 24.1 Å². The number of rotatable bonds is 11. The van der Waals surface area contributed by atoms with Crippen LogP contribution in [0.15, 0.2) is 18.2 Å². The molecule has 0 spiro atoms. The molecule has 4 N–H and O–H groups in total. The van der Waals surface area contributed by atoms with Crippen LogP contribution < -0.4 is 16.4 Å². The van der Waals surface area contributed by atoms with Gasteiger partial charge in [0.25, 0.3) is 5.91 Å². The average Bonchev–Trinajstić information content (AvgIpc) is 3.03. The van der Waals surface area contributed by atoms with E-state index in [0.717, 1.165) is 43.6 Å². The predicted octanol–water partition coefficient (Wildman–Crippen LogP) is 1.84. The van der Waals surface area contributed by atoms with E-state index < -0.39 is 6.04 Å². The smallest absolute Gasteiger partial charge is 0.255 e. The van der Waals surface area contributed by atoms with Crippen molar-refractivity contribution < 1.29 is 14.4 Å². The lowest BCUT2D eigenvalue weighted by molar-refractivity contribution is -0.136. The summed E-state index contributed by atoms with van der Waals surface area (Å²) < 4.78 is 0. The molecule has 1 unspecified atom stereocenters. The predicted molar refractivity (Wildman–Crippen MR) is 111 cm³/mol. The molecule has 0 aliphatic carbocycles. The van der Waals surface area contributed by atoms with Crippen LogP contribution in [-0.2, 0) is 22.7 Å². The molecule has 7 heteroatoms. The zero-order chi connectivity index (χ0) is 20.6. The van der Waals surface area contributed by atoms with Crippen LogP contribution in [0, 0.1) is 0 Å². The minimum absolute atomic E-state index is 0.117. The highest BCUT2D eigenvalue weighted by atomic mass is 16.2. The number of nitrogens with zero attached hydrogens (tertiary/aromatic N) is 1. The Morgan fingerprint density at radius 3 is 2.59 bits per heavy atom. The minimum Gasteiger partial charge on any atom is -0.330 e. The zero-order valence-electron chi connectivity index (χ0n) is 17.0. The van der Waals surface area contributed by atoms with Crippen molar-refractivity contribution in [2.75, 3.05) is 13.1 Å². The van der Waals surface area contributed by atoms with E-state index in [2.05, 4.69) is 10.6 Å². The van der Waals surface area contributed by atoms with Crippen molar-refractivity contribution in [3.8, 4) is 0 Å². The van der Waals surface area contributed by atoms with Gasteiger partial charge < -0.3 is 16.0 Å². The van der Waals surface area contributed by atoms with E-state index in [0.29, 0.717) is 18.5 Å². The Labute approximate surface area is 172 Å². The van der Waals surface area contributed by atoms with Crippen molar-refractivity contribution in [1.82, 2.24) is 15.5 Å². The Hall–Kier alpha value is -2.25. The fourth-order valence-electron chi connectivity index (χ4n) is 4.05. The molecule has 0 bridgehead atoms. The molecule has 29 heavy (non-hydrogen) atoms. The summed E-state index contributed by atoms with van der Waals surface area (Å²) in [6.45, 7) is 2.91. The van der Waals surface area contributed by atoms with Gasteiger partial charge in [-0.15, -0.1) is 0 Å². The standard InChI is InChI=1S/C22H32N4O3/c23-11-5-3-1-2-4-6-12-24-14-16-7-8-17-15-26(22(29)18(17)13-16)19-9-10-20(27)25-21(19)28/h7-8,13,19,24H,1-6,9-12,14-15,23H2,(H,25,27,28). The fourth-order valence-corrected chi connectivity index (χ4v) is 4.05. The molecule has 1 atom stereocenters. The van der Waals surface area contributed by atoms with Crippen molar-refractivity contribution in [1.29, 1.82) is 0 Å². The molecular weight excluding hydrogens is 368 g/mol. The van der Waals surface area contributed by atoms with Crippen molar-refractivity contribution in [3.63, 3.8) is 0 Å². The Morgan fingerprint density at radius 2 is 1.83 bits per heavy atom. The first kappa shape index (κ1) is 21.5. The van der Waals surface area contributed by atoms with E-state index in [1.807, 2.05) is 18.2 Å². The molecule has 1 aromatic rings. The van der Waals surface area contributed by atoms with Gasteiger partial charge >= 0.3 is 0 Å². The number of hydrogen-bond acceptors (Lipinski definition) is 5. The molecule has 1 aromatic carbocycles. The van der Waals surface area contributed by atoms with Gasteiger partial charge in [-0.25, -0.2) is 0 Å². The van der Waals surface area contributed by atoms with Gasteiger partial charge in [-0.05, 0) is 49.5 Å². The Balaban J connectivity index is 1.44. The number of carbonyl (C=O) groups is 3. The Bertz CT molecular complexity index is 750. The first-order valence-corrected chi connectivity index (χ1v) is 10.8. The van der Waals surface area contributed by atoms with Crippen LogP contribution in [0.1, 0.15) is 72.9 Å². The second kappa shape index (κ2) is 10.5. The zero-order valence-corrected chi connectivity index (χ0v) is 17.0. The number of nitrogens with one attached hydrogen (secondary N) is 2. The topological polar surface area (TPSA) is 105 Å². The molecular formula is C22H32N4O3. The van der Waals surface area contributed by atoms with Gasteiger partial charge in [0.05, 0.1) is 0 Å². The number of benzene rings is 1. The lowest BCUT2D eigenvalue weighted by Gasteiger charge is -2.29. The molecule has 3 rings (SSSR count). The summed E-state index contributed by atoms with van der Waals surface area (Å²) in [4.78, 5) is 37.9. The van der Waals surface area contributed by atoms with Crippen LogP contribution in [0.4, 0.5) is 0 Å². The number of hydrogen-bond donors (Lipinski definition) is 3. The fraction of sp³-hybridized carbons (Fsp3) is 0.591. The van der Waals surface area contributed by atoms with E-state index in [1.54, 1.807) is 4.90 Å². The molecule has 0 aromatic heterocycles. The summed E-state index contributed by atoms with van der Waals surface area (Å²) in [5.41, 5.74) is 8.19.